The van der Waals surface area contributed by atoms with Gasteiger partial charge in [0.2, 0.25) is 0 Å². The molecule has 0 aliphatic rings. The van der Waals surface area contributed by atoms with Gasteiger partial charge in [-0.3, -0.25) is 0 Å². The molecule has 0 amide bonds. The summed E-state index contributed by atoms with van der Waals surface area (Å²) in [5.41, 5.74) is 4.81. The molecule has 0 radical (unpaired) electrons. The topological polar surface area (TPSA) is 0 Å². The lowest BCUT2D eigenvalue weighted by Crippen LogP contribution is -2.12. The fraction of sp³-hybridized carbons (Fsp3) is 0.714. The lowest BCUT2D eigenvalue weighted by molar-refractivity contribution is 0.294. The summed E-state index contributed by atoms with van der Waals surface area (Å²) in [6.07, 6.45) is 12.4. The van der Waals surface area contributed by atoms with E-state index in [1.165, 1.54) is 74.5 Å². The Bertz CT molecular complexity index is 380. The normalized spacial score (nSPS) is 11.9. The van der Waals surface area contributed by atoms with Crippen LogP contribution in [0.5, 0.6) is 0 Å². The molecule has 0 heterocycles. The molecule has 0 atom stereocenters. The van der Waals surface area contributed by atoms with Crippen LogP contribution < -0.4 is 0 Å². The van der Waals surface area contributed by atoms with Crippen LogP contribution in [0.1, 0.15) is 88.8 Å². The maximum atomic E-state index is 2.45. The smallest absolute Gasteiger partial charge is 0.0274 e. The maximum absolute atomic E-state index is 2.45. The van der Waals surface area contributed by atoms with E-state index < -0.39 is 0 Å². The lowest BCUT2D eigenvalue weighted by atomic mass is 9.81. The van der Waals surface area contributed by atoms with Gasteiger partial charge in [-0.1, -0.05) is 88.6 Å². The number of rotatable bonds is 10. The van der Waals surface area contributed by atoms with Crippen LogP contribution in [0.25, 0.3) is 0 Å². The van der Waals surface area contributed by atoms with E-state index in [1.54, 1.807) is 0 Å². The van der Waals surface area contributed by atoms with Crippen molar-refractivity contribution in [2.24, 2.45) is 5.41 Å². The minimum absolute atomic E-state index is 0.488. The van der Waals surface area contributed by atoms with Crippen molar-refractivity contribution in [3.63, 3.8) is 0 Å². The third-order valence-corrected chi connectivity index (χ3v) is 4.58. The molecule has 120 valence electrons. The van der Waals surface area contributed by atoms with Gasteiger partial charge in [0.15, 0.2) is 0 Å². The van der Waals surface area contributed by atoms with Crippen molar-refractivity contribution >= 4 is 0 Å². The van der Waals surface area contributed by atoms with Crippen LogP contribution in [-0.2, 0) is 6.42 Å². The van der Waals surface area contributed by atoms with Crippen LogP contribution in [0.3, 0.4) is 0 Å². The van der Waals surface area contributed by atoms with Gasteiger partial charge in [-0.2, -0.15) is 0 Å². The molecule has 1 aromatic rings. The van der Waals surface area contributed by atoms with Gasteiger partial charge in [-0.15, -0.1) is 0 Å². The van der Waals surface area contributed by atoms with Crippen molar-refractivity contribution in [3.05, 3.63) is 34.9 Å². The van der Waals surface area contributed by atoms with Crippen molar-refractivity contribution in [1.29, 1.82) is 0 Å². The van der Waals surface area contributed by atoms with Gasteiger partial charge in [-0.05, 0) is 44.1 Å². The summed E-state index contributed by atoms with van der Waals surface area (Å²) < 4.78 is 0. The number of hydrogen-bond acceptors (Lipinski definition) is 0. The summed E-state index contributed by atoms with van der Waals surface area (Å²) in [6.45, 7) is 11.6. The molecule has 0 saturated carbocycles. The Kier molecular flexibility index (Phi) is 8.07. The molecule has 0 aliphatic carbocycles. The molecule has 1 aromatic carbocycles. The molecular weight excluding hydrogens is 252 g/mol. The van der Waals surface area contributed by atoms with E-state index >= 15 is 0 Å². The largest absolute Gasteiger partial charge is 0.0654 e. The third kappa shape index (κ3) is 8.29. The molecule has 0 nitrogen and oxygen atoms in total. The van der Waals surface area contributed by atoms with Crippen LogP contribution in [-0.4, -0.2) is 0 Å². The van der Waals surface area contributed by atoms with Gasteiger partial charge in [0.1, 0.15) is 0 Å². The quantitative estimate of drug-likeness (QED) is 0.406. The molecule has 0 aromatic heterocycles. The SMILES string of the molecule is CCCCCCCCC(C)(C)CCc1cc(C)cc(C)c1. The minimum atomic E-state index is 0.488. The summed E-state index contributed by atoms with van der Waals surface area (Å²) in [6, 6.07) is 6.98. The molecule has 0 heteroatoms. The van der Waals surface area contributed by atoms with Crippen molar-refractivity contribution < 1.29 is 0 Å². The Hall–Kier alpha value is -0.780. The van der Waals surface area contributed by atoms with Crippen molar-refractivity contribution in [2.75, 3.05) is 0 Å². The molecular formula is C21H36. The standard InChI is InChI=1S/C21H36/c1-6-7-8-9-10-11-13-21(4,5)14-12-20-16-18(2)15-19(3)17-20/h15-17H,6-14H2,1-5H3. The number of unbranched alkanes of at least 4 members (excludes halogenated alkanes) is 5. The summed E-state index contributed by atoms with van der Waals surface area (Å²) >= 11 is 0. The minimum Gasteiger partial charge on any atom is -0.0654 e. The van der Waals surface area contributed by atoms with E-state index in [-0.39, 0.29) is 0 Å². The molecule has 21 heavy (non-hydrogen) atoms. The van der Waals surface area contributed by atoms with E-state index in [2.05, 4.69) is 52.8 Å². The monoisotopic (exact) mass is 288 g/mol. The van der Waals surface area contributed by atoms with Gasteiger partial charge in [0.05, 0.1) is 0 Å². The van der Waals surface area contributed by atoms with E-state index in [4.69, 9.17) is 0 Å². The fourth-order valence-electron chi connectivity index (χ4n) is 3.20. The highest BCUT2D eigenvalue weighted by atomic mass is 14.2. The van der Waals surface area contributed by atoms with Crippen LogP contribution in [0, 0.1) is 19.3 Å². The second-order valence-corrected chi connectivity index (χ2v) is 7.68. The molecule has 1 rings (SSSR count). The van der Waals surface area contributed by atoms with E-state index in [0.717, 1.165) is 0 Å². The van der Waals surface area contributed by atoms with Crippen molar-refractivity contribution in [3.8, 4) is 0 Å². The average molecular weight is 289 g/mol. The molecule has 0 spiro atoms. The second kappa shape index (κ2) is 9.28. The van der Waals surface area contributed by atoms with Crippen LogP contribution in [0.4, 0.5) is 0 Å². The Morgan fingerprint density at radius 2 is 1.33 bits per heavy atom. The molecule has 0 unspecified atom stereocenters. The Morgan fingerprint density at radius 3 is 1.95 bits per heavy atom. The zero-order chi connectivity index (χ0) is 15.7. The van der Waals surface area contributed by atoms with Gasteiger partial charge >= 0.3 is 0 Å². The summed E-state index contributed by atoms with van der Waals surface area (Å²) in [5.74, 6) is 0. The second-order valence-electron chi connectivity index (χ2n) is 7.68. The highest BCUT2D eigenvalue weighted by Crippen LogP contribution is 2.30. The molecule has 0 fully saturated rings. The number of hydrogen-bond donors (Lipinski definition) is 0. The number of aryl methyl sites for hydroxylation is 3. The van der Waals surface area contributed by atoms with Crippen molar-refractivity contribution in [2.45, 2.75) is 92.4 Å². The molecule has 0 N–H and O–H groups in total. The first-order valence-corrected chi connectivity index (χ1v) is 9.00. The summed E-state index contributed by atoms with van der Waals surface area (Å²) in [5, 5.41) is 0. The maximum Gasteiger partial charge on any atom is -0.0274 e. The Balaban J connectivity index is 2.28. The predicted molar refractivity (Wildman–Crippen MR) is 96.0 cm³/mol. The van der Waals surface area contributed by atoms with Crippen molar-refractivity contribution in [1.82, 2.24) is 0 Å². The number of benzene rings is 1. The predicted octanol–water partition coefficient (Wildman–Crippen LogP) is 7.01. The first-order chi connectivity index (χ1) is 9.93. The van der Waals surface area contributed by atoms with Gasteiger partial charge in [0.25, 0.3) is 0 Å². The first kappa shape index (κ1) is 18.3. The summed E-state index contributed by atoms with van der Waals surface area (Å²) in [4.78, 5) is 0. The first-order valence-electron chi connectivity index (χ1n) is 9.00. The van der Waals surface area contributed by atoms with Gasteiger partial charge in [-0.25, -0.2) is 0 Å². The van der Waals surface area contributed by atoms with Gasteiger partial charge in [0, 0.05) is 0 Å². The Labute approximate surface area is 133 Å². The molecule has 0 saturated heterocycles. The zero-order valence-corrected chi connectivity index (χ0v) is 15.1. The molecule has 0 aliphatic heterocycles. The average Bonchev–Trinajstić information content (AvgIpc) is 2.40. The van der Waals surface area contributed by atoms with E-state index in [1.807, 2.05) is 0 Å². The molecule has 0 bridgehead atoms. The van der Waals surface area contributed by atoms with Crippen LogP contribution >= 0.6 is 0 Å². The van der Waals surface area contributed by atoms with Gasteiger partial charge < -0.3 is 0 Å². The highest BCUT2D eigenvalue weighted by Gasteiger charge is 2.17. The lowest BCUT2D eigenvalue weighted by Gasteiger charge is -2.25. The van der Waals surface area contributed by atoms with E-state index in [0.29, 0.717) is 5.41 Å². The fourth-order valence-corrected chi connectivity index (χ4v) is 3.20. The third-order valence-electron chi connectivity index (χ3n) is 4.58. The zero-order valence-electron chi connectivity index (χ0n) is 15.1. The summed E-state index contributed by atoms with van der Waals surface area (Å²) in [7, 11) is 0. The van der Waals surface area contributed by atoms with Crippen LogP contribution in [0.2, 0.25) is 0 Å². The highest BCUT2D eigenvalue weighted by molar-refractivity contribution is 5.28. The van der Waals surface area contributed by atoms with E-state index in [9.17, 15) is 0 Å². The van der Waals surface area contributed by atoms with Crippen LogP contribution in [0.15, 0.2) is 18.2 Å². The Morgan fingerprint density at radius 1 is 0.762 bits per heavy atom.